The molecule has 1 aliphatic rings. The van der Waals surface area contributed by atoms with Crippen molar-refractivity contribution < 1.29 is 28.7 Å². The van der Waals surface area contributed by atoms with Crippen molar-refractivity contribution in [3.63, 3.8) is 0 Å². The zero-order valence-electron chi connectivity index (χ0n) is 19.6. The number of nitrogens with zero attached hydrogens (tertiary/aromatic N) is 1. The van der Waals surface area contributed by atoms with Crippen LogP contribution in [0.2, 0.25) is 15.1 Å². The fourth-order valence-corrected chi connectivity index (χ4v) is 4.07. The quantitative estimate of drug-likeness (QED) is 0.291. The second kappa shape index (κ2) is 11.6. The molecule has 2 N–H and O–H groups in total. The fourth-order valence-electron chi connectivity index (χ4n) is 3.50. The minimum Gasteiger partial charge on any atom is -0.493 e. The molecule has 9 nitrogen and oxygen atoms in total. The van der Waals surface area contributed by atoms with Gasteiger partial charge in [-0.15, -0.1) is 0 Å². The Hall–Kier alpha value is -4.05. The highest BCUT2D eigenvalue weighted by Gasteiger charge is 2.37. The molecule has 0 atom stereocenters. The molecule has 1 heterocycles. The third-order valence-electron chi connectivity index (χ3n) is 5.23. The molecule has 4 rings (SSSR count). The lowest BCUT2D eigenvalue weighted by Gasteiger charge is -2.26. The summed E-state index contributed by atoms with van der Waals surface area (Å²) in [6.45, 7) is -0.354. The lowest BCUT2D eigenvalue weighted by molar-refractivity contribution is -0.122. The van der Waals surface area contributed by atoms with Crippen LogP contribution >= 0.6 is 34.8 Å². The third kappa shape index (κ3) is 5.91. The zero-order valence-corrected chi connectivity index (χ0v) is 21.9. The van der Waals surface area contributed by atoms with E-state index in [9.17, 15) is 19.2 Å². The largest absolute Gasteiger partial charge is 0.493 e. The van der Waals surface area contributed by atoms with Crippen LogP contribution < -0.4 is 25.0 Å². The van der Waals surface area contributed by atoms with E-state index in [-0.39, 0.29) is 44.4 Å². The first-order chi connectivity index (χ1) is 18.2. The average Bonchev–Trinajstić information content (AvgIpc) is 2.88. The number of methoxy groups -OCH3 is 1. The number of hydrogen-bond donors (Lipinski definition) is 2. The molecule has 1 aliphatic heterocycles. The number of halogens is 3. The van der Waals surface area contributed by atoms with Crippen molar-refractivity contribution in [2.75, 3.05) is 23.9 Å². The molecular formula is C26H18Cl3N3O6. The summed E-state index contributed by atoms with van der Waals surface area (Å²) in [4.78, 5) is 51.1. The van der Waals surface area contributed by atoms with Gasteiger partial charge in [0.2, 0.25) is 0 Å². The van der Waals surface area contributed by atoms with Gasteiger partial charge in [0.1, 0.15) is 5.57 Å². The Morgan fingerprint density at radius 2 is 1.71 bits per heavy atom. The van der Waals surface area contributed by atoms with E-state index in [1.807, 2.05) is 6.07 Å². The molecule has 0 bridgehead atoms. The highest BCUT2D eigenvalue weighted by Crippen LogP contribution is 2.37. The summed E-state index contributed by atoms with van der Waals surface area (Å²) in [5.74, 6) is -1.96. The van der Waals surface area contributed by atoms with Gasteiger partial charge >= 0.3 is 6.03 Å². The molecule has 5 amide bonds. The maximum Gasteiger partial charge on any atom is 0.335 e. The summed E-state index contributed by atoms with van der Waals surface area (Å²) in [6, 6.07) is 14.9. The monoisotopic (exact) mass is 573 g/mol. The van der Waals surface area contributed by atoms with Gasteiger partial charge in [0.05, 0.1) is 27.9 Å². The standard InChI is InChI=1S/C26H18Cl3N3O6/c1-37-21-11-14(10-20(29)23(21)38-13-22(33)30-15-5-3-2-4-6-15)9-17-24(34)31-26(36)32(25(17)35)16-7-8-18(27)19(28)12-16/h2-12H,13H2,1H3,(H,30,33)(H,31,34,36)/b17-9+. The number of carbonyl (C=O) groups excluding carboxylic acids is 4. The maximum atomic E-state index is 13.1. The highest BCUT2D eigenvalue weighted by molar-refractivity contribution is 6.43. The summed E-state index contributed by atoms with van der Waals surface area (Å²) >= 11 is 18.3. The molecule has 1 saturated heterocycles. The zero-order chi connectivity index (χ0) is 27.4. The van der Waals surface area contributed by atoms with Crippen LogP contribution in [0.4, 0.5) is 16.2 Å². The Bertz CT molecular complexity index is 1480. The minimum atomic E-state index is -0.941. The number of para-hydroxylation sites is 1. The lowest BCUT2D eigenvalue weighted by Crippen LogP contribution is -2.54. The molecule has 0 aliphatic carbocycles. The number of rotatable bonds is 7. The molecule has 0 radical (unpaired) electrons. The van der Waals surface area contributed by atoms with Gasteiger partial charge in [-0.3, -0.25) is 19.7 Å². The first-order valence-electron chi connectivity index (χ1n) is 10.9. The van der Waals surface area contributed by atoms with Crippen LogP contribution in [0, 0.1) is 0 Å². The molecule has 0 spiro atoms. The number of urea groups is 1. The van der Waals surface area contributed by atoms with E-state index in [0.717, 1.165) is 4.90 Å². The molecule has 12 heteroatoms. The van der Waals surface area contributed by atoms with Gasteiger partial charge in [-0.1, -0.05) is 53.0 Å². The van der Waals surface area contributed by atoms with Crippen molar-refractivity contribution >= 4 is 76.0 Å². The summed E-state index contributed by atoms with van der Waals surface area (Å²) in [5, 5.41) is 5.22. The van der Waals surface area contributed by atoms with E-state index in [0.29, 0.717) is 11.3 Å². The molecular weight excluding hydrogens is 557 g/mol. The number of carbonyl (C=O) groups is 4. The van der Waals surface area contributed by atoms with Gasteiger partial charge in [-0.05, 0) is 54.1 Å². The summed E-state index contributed by atoms with van der Waals surface area (Å²) in [7, 11) is 1.36. The number of barbiturate groups is 1. The molecule has 3 aromatic carbocycles. The summed E-state index contributed by atoms with van der Waals surface area (Å²) in [5.41, 5.74) is 0.679. The number of amides is 5. The van der Waals surface area contributed by atoms with Crippen molar-refractivity contribution in [1.29, 1.82) is 0 Å². The average molecular weight is 575 g/mol. The van der Waals surface area contributed by atoms with Crippen molar-refractivity contribution in [2.24, 2.45) is 0 Å². The molecule has 0 aromatic heterocycles. The van der Waals surface area contributed by atoms with E-state index in [1.165, 1.54) is 43.5 Å². The van der Waals surface area contributed by atoms with Gasteiger partial charge < -0.3 is 14.8 Å². The molecule has 0 unspecified atom stereocenters. The van der Waals surface area contributed by atoms with E-state index in [4.69, 9.17) is 44.3 Å². The molecule has 38 heavy (non-hydrogen) atoms. The Morgan fingerprint density at radius 1 is 0.974 bits per heavy atom. The van der Waals surface area contributed by atoms with E-state index < -0.39 is 23.8 Å². The van der Waals surface area contributed by atoms with E-state index >= 15 is 0 Å². The van der Waals surface area contributed by atoms with Crippen LogP contribution in [0.5, 0.6) is 11.5 Å². The second-order valence-electron chi connectivity index (χ2n) is 7.79. The van der Waals surface area contributed by atoms with Gasteiger partial charge in [-0.25, -0.2) is 9.69 Å². The smallest absolute Gasteiger partial charge is 0.335 e. The topological polar surface area (TPSA) is 114 Å². The number of ether oxygens (including phenoxy) is 2. The maximum absolute atomic E-state index is 13.1. The Balaban J connectivity index is 1.58. The number of nitrogens with one attached hydrogen (secondary N) is 2. The minimum absolute atomic E-state index is 0.0600. The normalized spacial score (nSPS) is 14.4. The Kier molecular flexibility index (Phi) is 8.21. The fraction of sp³-hybridized carbons (Fsp3) is 0.0769. The SMILES string of the molecule is COc1cc(/C=C2\C(=O)NC(=O)N(c3ccc(Cl)c(Cl)c3)C2=O)cc(Cl)c1OCC(=O)Nc1ccccc1. The first-order valence-corrected chi connectivity index (χ1v) is 12.0. The molecule has 194 valence electrons. The van der Waals surface area contributed by atoms with Gasteiger partial charge in [0.15, 0.2) is 18.1 Å². The van der Waals surface area contributed by atoms with Crippen LogP contribution in [0.1, 0.15) is 5.56 Å². The van der Waals surface area contributed by atoms with Crippen LogP contribution in [-0.4, -0.2) is 37.5 Å². The van der Waals surface area contributed by atoms with Crippen molar-refractivity contribution in [3.8, 4) is 11.5 Å². The molecule has 0 saturated carbocycles. The number of benzene rings is 3. The molecule has 1 fully saturated rings. The van der Waals surface area contributed by atoms with E-state index in [2.05, 4.69) is 10.6 Å². The lowest BCUT2D eigenvalue weighted by atomic mass is 10.1. The molecule has 3 aromatic rings. The second-order valence-corrected chi connectivity index (χ2v) is 9.01. The van der Waals surface area contributed by atoms with Crippen LogP contribution in [0.25, 0.3) is 6.08 Å². The van der Waals surface area contributed by atoms with Crippen molar-refractivity contribution in [2.45, 2.75) is 0 Å². The van der Waals surface area contributed by atoms with Crippen LogP contribution in [0.3, 0.4) is 0 Å². The van der Waals surface area contributed by atoms with E-state index in [1.54, 1.807) is 24.3 Å². The van der Waals surface area contributed by atoms with Gasteiger partial charge in [-0.2, -0.15) is 0 Å². The van der Waals surface area contributed by atoms with Gasteiger partial charge in [0.25, 0.3) is 17.7 Å². The predicted octanol–water partition coefficient (Wildman–Crippen LogP) is 5.34. The van der Waals surface area contributed by atoms with Crippen LogP contribution in [-0.2, 0) is 14.4 Å². The number of imide groups is 2. The van der Waals surface area contributed by atoms with Crippen LogP contribution in [0.15, 0.2) is 66.2 Å². The van der Waals surface area contributed by atoms with Gasteiger partial charge in [0, 0.05) is 5.69 Å². The Labute approximate surface area is 231 Å². The highest BCUT2D eigenvalue weighted by atomic mass is 35.5. The third-order valence-corrected chi connectivity index (χ3v) is 6.25. The van der Waals surface area contributed by atoms with Crippen molar-refractivity contribution in [1.82, 2.24) is 5.32 Å². The number of hydrogen-bond acceptors (Lipinski definition) is 6. The summed E-state index contributed by atoms with van der Waals surface area (Å²) < 4.78 is 10.9. The first kappa shape index (κ1) is 27.0. The summed E-state index contributed by atoms with van der Waals surface area (Å²) in [6.07, 6.45) is 1.24. The number of anilines is 2. The van der Waals surface area contributed by atoms with Crippen molar-refractivity contribution in [3.05, 3.63) is 86.9 Å². The Morgan fingerprint density at radius 3 is 2.39 bits per heavy atom. The predicted molar refractivity (Wildman–Crippen MR) is 144 cm³/mol.